The molecule has 2 aromatic carbocycles. The third kappa shape index (κ3) is 3.30. The molecule has 1 unspecified atom stereocenters. The molecule has 1 aliphatic carbocycles. The van der Waals surface area contributed by atoms with Gasteiger partial charge in [-0.1, -0.05) is 12.1 Å². The van der Waals surface area contributed by atoms with Gasteiger partial charge in [-0.3, -0.25) is 4.79 Å². The second kappa shape index (κ2) is 7.38. The first kappa shape index (κ1) is 17.4. The monoisotopic (exact) mass is 379 g/mol. The van der Waals surface area contributed by atoms with E-state index in [1.807, 2.05) is 29.2 Å². The van der Waals surface area contributed by atoms with Crippen LogP contribution in [0.15, 0.2) is 36.4 Å². The van der Waals surface area contributed by atoms with Crippen molar-refractivity contribution in [2.45, 2.75) is 38.1 Å². The first-order valence-corrected chi connectivity index (χ1v) is 10.2. The predicted molar refractivity (Wildman–Crippen MR) is 105 cm³/mol. The van der Waals surface area contributed by atoms with Crippen LogP contribution in [0.4, 0.5) is 0 Å². The molecule has 3 aliphatic rings. The van der Waals surface area contributed by atoms with Crippen LogP contribution in [0.25, 0.3) is 0 Å². The molecular weight excluding hydrogens is 354 g/mol. The number of carbonyl (C=O) groups is 1. The van der Waals surface area contributed by atoms with E-state index in [-0.39, 0.29) is 18.6 Å². The van der Waals surface area contributed by atoms with E-state index < -0.39 is 0 Å². The molecule has 1 fully saturated rings. The van der Waals surface area contributed by atoms with Crippen molar-refractivity contribution in [2.75, 3.05) is 26.4 Å². The second-order valence-corrected chi connectivity index (χ2v) is 7.72. The molecule has 0 saturated carbocycles. The third-order valence-corrected chi connectivity index (χ3v) is 5.96. The lowest BCUT2D eigenvalue weighted by Crippen LogP contribution is -2.34. The van der Waals surface area contributed by atoms with Crippen LogP contribution in [0.1, 0.15) is 42.0 Å². The van der Waals surface area contributed by atoms with E-state index >= 15 is 0 Å². The first-order chi connectivity index (χ1) is 13.8. The van der Waals surface area contributed by atoms with Crippen molar-refractivity contribution >= 4 is 5.91 Å². The minimum atomic E-state index is 0.0397. The molecule has 2 heterocycles. The van der Waals surface area contributed by atoms with E-state index in [1.54, 1.807) is 0 Å². The van der Waals surface area contributed by atoms with Crippen LogP contribution in [0.3, 0.4) is 0 Å². The number of nitrogens with zero attached hydrogens (tertiary/aromatic N) is 1. The number of amides is 1. The zero-order chi connectivity index (χ0) is 18.9. The van der Waals surface area contributed by atoms with Crippen LogP contribution in [0.5, 0.6) is 17.2 Å². The smallest absolute Gasteiger partial charge is 0.261 e. The number of ether oxygens (including phenoxy) is 3. The van der Waals surface area contributed by atoms with Gasteiger partial charge in [0.1, 0.15) is 19.0 Å². The molecule has 1 amide bonds. The van der Waals surface area contributed by atoms with Crippen LogP contribution < -0.4 is 14.2 Å². The van der Waals surface area contributed by atoms with E-state index in [0.29, 0.717) is 13.2 Å². The van der Waals surface area contributed by atoms with Gasteiger partial charge in [-0.15, -0.1) is 0 Å². The zero-order valence-electron chi connectivity index (χ0n) is 16.0. The summed E-state index contributed by atoms with van der Waals surface area (Å²) in [5, 5.41) is 0. The summed E-state index contributed by atoms with van der Waals surface area (Å²) in [6.07, 6.45) is 5.44. The Hall–Kier alpha value is -2.69. The highest BCUT2D eigenvalue weighted by atomic mass is 16.6. The molecule has 5 heteroatoms. The molecule has 0 radical (unpaired) electrons. The van der Waals surface area contributed by atoms with Gasteiger partial charge in [-0.25, -0.2) is 0 Å². The summed E-state index contributed by atoms with van der Waals surface area (Å²) >= 11 is 0. The maximum absolute atomic E-state index is 12.9. The molecule has 5 nitrogen and oxygen atoms in total. The lowest BCUT2D eigenvalue weighted by atomic mass is 10.0. The van der Waals surface area contributed by atoms with Crippen molar-refractivity contribution < 1.29 is 19.0 Å². The van der Waals surface area contributed by atoms with Crippen LogP contribution in [-0.4, -0.2) is 37.2 Å². The normalized spacial score (nSPS) is 20.1. The molecule has 0 spiro atoms. The standard InChI is InChI=1S/C23H25NO4/c25-23(15-28-19-8-6-16-3-1-4-17(16)13-19)24-10-2-5-20(24)18-7-9-21-22(14-18)27-12-11-26-21/h6-9,13-14,20H,1-5,10-12,15H2. The van der Waals surface area contributed by atoms with Crippen molar-refractivity contribution in [1.82, 2.24) is 4.90 Å². The molecule has 1 saturated heterocycles. The second-order valence-electron chi connectivity index (χ2n) is 7.72. The molecule has 2 aliphatic heterocycles. The Kier molecular flexibility index (Phi) is 4.59. The molecule has 0 N–H and O–H groups in total. The number of benzene rings is 2. The molecule has 0 aromatic heterocycles. The quantitative estimate of drug-likeness (QED) is 0.813. The average Bonchev–Trinajstić information content (AvgIpc) is 3.40. The van der Waals surface area contributed by atoms with Gasteiger partial charge in [0.25, 0.3) is 5.91 Å². The van der Waals surface area contributed by atoms with Crippen molar-refractivity contribution in [2.24, 2.45) is 0 Å². The average molecular weight is 379 g/mol. The highest BCUT2D eigenvalue weighted by molar-refractivity contribution is 5.78. The van der Waals surface area contributed by atoms with E-state index in [9.17, 15) is 4.79 Å². The third-order valence-electron chi connectivity index (χ3n) is 5.96. The van der Waals surface area contributed by atoms with Gasteiger partial charge < -0.3 is 19.1 Å². The summed E-state index contributed by atoms with van der Waals surface area (Å²) in [5.74, 6) is 2.39. The Morgan fingerprint density at radius 2 is 1.86 bits per heavy atom. The van der Waals surface area contributed by atoms with E-state index in [1.165, 1.54) is 17.5 Å². The minimum absolute atomic E-state index is 0.0397. The van der Waals surface area contributed by atoms with Gasteiger partial charge in [0.05, 0.1) is 6.04 Å². The fraction of sp³-hybridized carbons (Fsp3) is 0.435. The van der Waals surface area contributed by atoms with Crippen LogP contribution in [-0.2, 0) is 17.6 Å². The first-order valence-electron chi connectivity index (χ1n) is 10.2. The molecule has 28 heavy (non-hydrogen) atoms. The SMILES string of the molecule is O=C(COc1ccc2c(c1)CCC2)N1CCCC1c1ccc2c(c1)OCCO2. The molecule has 1 atom stereocenters. The highest BCUT2D eigenvalue weighted by Crippen LogP contribution is 2.38. The molecule has 0 bridgehead atoms. The molecule has 2 aromatic rings. The fourth-order valence-corrected chi connectivity index (χ4v) is 4.54. The topological polar surface area (TPSA) is 48.0 Å². The maximum Gasteiger partial charge on any atom is 0.261 e. The maximum atomic E-state index is 12.9. The van der Waals surface area contributed by atoms with Crippen molar-refractivity contribution in [3.8, 4) is 17.2 Å². The number of hydrogen-bond donors (Lipinski definition) is 0. The molecular formula is C23H25NO4. The van der Waals surface area contributed by atoms with Gasteiger partial charge in [0.15, 0.2) is 18.1 Å². The Bertz CT molecular complexity index is 894. The zero-order valence-corrected chi connectivity index (χ0v) is 16.0. The van der Waals surface area contributed by atoms with Gasteiger partial charge >= 0.3 is 0 Å². The Labute approximate surface area is 165 Å². The van der Waals surface area contributed by atoms with Gasteiger partial charge in [-0.2, -0.15) is 0 Å². The van der Waals surface area contributed by atoms with Crippen molar-refractivity contribution in [3.63, 3.8) is 0 Å². The van der Waals surface area contributed by atoms with Crippen molar-refractivity contribution in [3.05, 3.63) is 53.1 Å². The van der Waals surface area contributed by atoms with E-state index in [2.05, 4.69) is 12.1 Å². The Balaban J connectivity index is 1.26. The molecule has 146 valence electrons. The number of aryl methyl sites for hydroxylation is 2. The van der Waals surface area contributed by atoms with Gasteiger partial charge in [0, 0.05) is 6.54 Å². The van der Waals surface area contributed by atoms with Crippen LogP contribution in [0.2, 0.25) is 0 Å². The van der Waals surface area contributed by atoms with Gasteiger partial charge in [-0.05, 0) is 73.1 Å². The fourth-order valence-electron chi connectivity index (χ4n) is 4.54. The number of hydrogen-bond acceptors (Lipinski definition) is 4. The summed E-state index contributed by atoms with van der Waals surface area (Å²) < 4.78 is 17.2. The van der Waals surface area contributed by atoms with Crippen LogP contribution in [0, 0.1) is 0 Å². The number of likely N-dealkylation sites (tertiary alicyclic amines) is 1. The molecule has 5 rings (SSSR count). The number of carbonyl (C=O) groups excluding carboxylic acids is 1. The lowest BCUT2D eigenvalue weighted by molar-refractivity contribution is -0.134. The van der Waals surface area contributed by atoms with Crippen molar-refractivity contribution in [1.29, 1.82) is 0 Å². The minimum Gasteiger partial charge on any atom is -0.486 e. The number of rotatable bonds is 4. The lowest BCUT2D eigenvalue weighted by Gasteiger charge is -2.26. The summed E-state index contributed by atoms with van der Waals surface area (Å²) in [6.45, 7) is 2.00. The highest BCUT2D eigenvalue weighted by Gasteiger charge is 2.31. The number of fused-ring (bicyclic) bond motifs is 2. The summed E-state index contributed by atoms with van der Waals surface area (Å²) in [4.78, 5) is 14.8. The Morgan fingerprint density at radius 1 is 1.00 bits per heavy atom. The summed E-state index contributed by atoms with van der Waals surface area (Å²) in [7, 11) is 0. The van der Waals surface area contributed by atoms with Gasteiger partial charge in [0.2, 0.25) is 0 Å². The van der Waals surface area contributed by atoms with E-state index in [0.717, 1.165) is 55.0 Å². The predicted octanol–water partition coefficient (Wildman–Crippen LogP) is 3.69. The Morgan fingerprint density at radius 3 is 2.79 bits per heavy atom. The summed E-state index contributed by atoms with van der Waals surface area (Å²) in [5.41, 5.74) is 3.88. The van der Waals surface area contributed by atoms with E-state index in [4.69, 9.17) is 14.2 Å². The largest absolute Gasteiger partial charge is 0.486 e. The summed E-state index contributed by atoms with van der Waals surface area (Å²) in [6, 6.07) is 12.3. The van der Waals surface area contributed by atoms with Crippen LogP contribution >= 0.6 is 0 Å².